The molecule has 0 amide bonds. The highest BCUT2D eigenvalue weighted by atomic mass is 32.2. The van der Waals surface area contributed by atoms with E-state index in [0.29, 0.717) is 18.8 Å². The van der Waals surface area contributed by atoms with Gasteiger partial charge in [-0.1, -0.05) is 0 Å². The minimum atomic E-state index is -3.46. The smallest absolute Gasteiger partial charge is 0.260 e. The van der Waals surface area contributed by atoms with Crippen LogP contribution >= 0.6 is 0 Å². The van der Waals surface area contributed by atoms with Gasteiger partial charge in [0, 0.05) is 20.1 Å². The third kappa shape index (κ3) is 2.62. The fraction of sp³-hybridized carbons (Fsp3) is 0.786. The van der Waals surface area contributed by atoms with E-state index in [4.69, 9.17) is 0 Å². The first-order chi connectivity index (χ1) is 9.82. The Morgan fingerprint density at radius 2 is 2.00 bits per heavy atom. The molecule has 1 saturated heterocycles. The Bertz CT molecular complexity index is 630. The van der Waals surface area contributed by atoms with Crippen molar-refractivity contribution in [1.29, 1.82) is 0 Å². The Morgan fingerprint density at radius 1 is 1.33 bits per heavy atom. The molecular formula is C14H23N3O3S. The molecule has 2 heterocycles. The van der Waals surface area contributed by atoms with Crippen LogP contribution in [0.5, 0.6) is 0 Å². The largest absolute Gasteiger partial charge is 0.393 e. The lowest BCUT2D eigenvalue weighted by molar-refractivity contribution is 0.120. The number of nitrogens with zero attached hydrogens (tertiary/aromatic N) is 3. The maximum atomic E-state index is 12.7. The van der Waals surface area contributed by atoms with E-state index in [9.17, 15) is 13.5 Å². The van der Waals surface area contributed by atoms with Crippen LogP contribution in [0.25, 0.3) is 0 Å². The number of hydrogen-bond donors (Lipinski definition) is 1. The van der Waals surface area contributed by atoms with Crippen molar-refractivity contribution in [3.05, 3.63) is 11.8 Å². The first kappa shape index (κ1) is 15.0. The van der Waals surface area contributed by atoms with Crippen molar-refractivity contribution >= 4 is 10.0 Å². The Morgan fingerprint density at radius 3 is 2.48 bits per heavy atom. The van der Waals surface area contributed by atoms with Crippen LogP contribution in [0, 0.1) is 12.3 Å². The van der Waals surface area contributed by atoms with Crippen molar-refractivity contribution in [1.82, 2.24) is 14.1 Å². The van der Waals surface area contributed by atoms with Crippen LogP contribution in [-0.2, 0) is 17.1 Å². The second-order valence-electron chi connectivity index (χ2n) is 6.55. The van der Waals surface area contributed by atoms with E-state index in [1.165, 1.54) is 4.68 Å². The third-order valence-corrected chi connectivity index (χ3v) is 6.98. The molecule has 3 rings (SSSR count). The van der Waals surface area contributed by atoms with Crippen molar-refractivity contribution in [3.8, 4) is 0 Å². The normalized spacial score (nSPS) is 26.5. The molecule has 118 valence electrons. The van der Waals surface area contributed by atoms with Gasteiger partial charge in [0.1, 0.15) is 0 Å². The molecule has 21 heavy (non-hydrogen) atoms. The summed E-state index contributed by atoms with van der Waals surface area (Å²) in [6, 6.07) is 1.62. The monoisotopic (exact) mass is 313 g/mol. The van der Waals surface area contributed by atoms with Crippen LogP contribution in [0.2, 0.25) is 0 Å². The van der Waals surface area contributed by atoms with E-state index in [0.717, 1.165) is 32.1 Å². The van der Waals surface area contributed by atoms with Crippen molar-refractivity contribution in [2.75, 3.05) is 13.1 Å². The molecule has 1 unspecified atom stereocenters. The lowest BCUT2D eigenvalue weighted by Crippen LogP contribution is -2.42. The zero-order valence-corrected chi connectivity index (χ0v) is 13.4. The first-order valence-corrected chi connectivity index (χ1v) is 8.95. The summed E-state index contributed by atoms with van der Waals surface area (Å²) in [5.74, 6) is 0. The van der Waals surface area contributed by atoms with Gasteiger partial charge in [-0.05, 0) is 50.5 Å². The number of aryl methyl sites for hydroxylation is 2. The van der Waals surface area contributed by atoms with Gasteiger partial charge in [-0.2, -0.15) is 9.40 Å². The molecule has 7 heteroatoms. The minimum Gasteiger partial charge on any atom is -0.393 e. The molecule has 1 aromatic rings. The number of aliphatic hydroxyl groups excluding tert-OH is 1. The summed E-state index contributed by atoms with van der Waals surface area (Å²) in [4.78, 5) is 0. The number of sulfonamides is 1. The highest BCUT2D eigenvalue weighted by molar-refractivity contribution is 7.89. The summed E-state index contributed by atoms with van der Waals surface area (Å²) in [6.07, 6.45) is 4.19. The van der Waals surface area contributed by atoms with Gasteiger partial charge in [0.25, 0.3) is 10.0 Å². The summed E-state index contributed by atoms with van der Waals surface area (Å²) in [5, 5.41) is 14.1. The van der Waals surface area contributed by atoms with E-state index in [2.05, 4.69) is 5.10 Å². The molecule has 6 nitrogen and oxygen atoms in total. The highest BCUT2D eigenvalue weighted by Crippen LogP contribution is 2.46. The van der Waals surface area contributed by atoms with Crippen molar-refractivity contribution in [3.63, 3.8) is 0 Å². The SMILES string of the molecule is Cc1cc(S(=O)(=O)N2CCC3(CCC(O)C3)CC2)n(C)n1. The van der Waals surface area contributed by atoms with Crippen molar-refractivity contribution < 1.29 is 13.5 Å². The molecule has 1 atom stereocenters. The topological polar surface area (TPSA) is 75.4 Å². The zero-order valence-electron chi connectivity index (χ0n) is 12.6. The Kier molecular flexibility index (Phi) is 3.62. The van der Waals surface area contributed by atoms with Gasteiger partial charge in [-0.3, -0.25) is 4.68 Å². The molecule has 1 aromatic heterocycles. The maximum absolute atomic E-state index is 12.7. The first-order valence-electron chi connectivity index (χ1n) is 7.51. The van der Waals surface area contributed by atoms with Gasteiger partial charge in [-0.15, -0.1) is 0 Å². The average molecular weight is 313 g/mol. The predicted molar refractivity (Wildman–Crippen MR) is 78.2 cm³/mol. The average Bonchev–Trinajstić information content (AvgIpc) is 2.94. The second-order valence-corrected chi connectivity index (χ2v) is 8.43. The molecule has 0 bridgehead atoms. The molecule has 0 radical (unpaired) electrons. The zero-order chi connectivity index (χ0) is 15.3. The van der Waals surface area contributed by atoms with E-state index >= 15 is 0 Å². The van der Waals surface area contributed by atoms with Gasteiger partial charge in [0.05, 0.1) is 11.8 Å². The second kappa shape index (κ2) is 5.07. The minimum absolute atomic E-state index is 0.161. The van der Waals surface area contributed by atoms with Crippen molar-refractivity contribution in [2.24, 2.45) is 12.5 Å². The molecule has 1 aliphatic heterocycles. The number of hydrogen-bond acceptors (Lipinski definition) is 4. The van der Waals surface area contributed by atoms with Crippen LogP contribution in [-0.4, -0.2) is 46.8 Å². The Balaban J connectivity index is 1.76. The maximum Gasteiger partial charge on any atom is 0.260 e. The quantitative estimate of drug-likeness (QED) is 0.885. The van der Waals surface area contributed by atoms with Crippen LogP contribution in [0.15, 0.2) is 11.1 Å². The van der Waals surface area contributed by atoms with E-state index in [1.807, 2.05) is 0 Å². The molecule has 1 spiro atoms. The van der Waals surface area contributed by atoms with Gasteiger partial charge in [0.2, 0.25) is 0 Å². The highest BCUT2D eigenvalue weighted by Gasteiger charge is 2.43. The summed E-state index contributed by atoms with van der Waals surface area (Å²) >= 11 is 0. The van der Waals surface area contributed by atoms with E-state index in [-0.39, 0.29) is 16.5 Å². The van der Waals surface area contributed by atoms with Gasteiger partial charge in [0.15, 0.2) is 5.03 Å². The summed E-state index contributed by atoms with van der Waals surface area (Å²) < 4.78 is 28.4. The standard InChI is InChI=1S/C14H23N3O3S/c1-11-9-13(16(2)15-11)21(19,20)17-7-5-14(6-8-17)4-3-12(18)10-14/h9,12,18H,3-8,10H2,1-2H3. The molecule has 1 N–H and O–H groups in total. The fourth-order valence-corrected chi connectivity index (χ4v) is 5.41. The van der Waals surface area contributed by atoms with Gasteiger partial charge < -0.3 is 5.11 Å². The number of aromatic nitrogens is 2. The van der Waals surface area contributed by atoms with Gasteiger partial charge >= 0.3 is 0 Å². The summed E-state index contributed by atoms with van der Waals surface area (Å²) in [7, 11) is -1.79. The predicted octanol–water partition coefficient (Wildman–Crippen LogP) is 1.04. The fourth-order valence-electron chi connectivity index (χ4n) is 3.79. The van der Waals surface area contributed by atoms with E-state index < -0.39 is 10.0 Å². The van der Waals surface area contributed by atoms with Crippen molar-refractivity contribution in [2.45, 2.75) is 50.2 Å². The molecule has 1 aliphatic carbocycles. The molecule has 2 fully saturated rings. The van der Waals surface area contributed by atoms with Crippen LogP contribution < -0.4 is 0 Å². The summed E-state index contributed by atoms with van der Waals surface area (Å²) in [6.45, 7) is 2.88. The third-order valence-electron chi connectivity index (χ3n) is 5.02. The lowest BCUT2D eigenvalue weighted by Gasteiger charge is -2.38. The molecule has 0 aromatic carbocycles. The number of rotatable bonds is 2. The Hall–Kier alpha value is -0.920. The summed E-state index contributed by atoms with van der Waals surface area (Å²) in [5.41, 5.74) is 0.872. The number of piperidine rings is 1. The lowest BCUT2D eigenvalue weighted by atomic mass is 9.77. The van der Waals surface area contributed by atoms with Crippen LogP contribution in [0.4, 0.5) is 0 Å². The van der Waals surface area contributed by atoms with Gasteiger partial charge in [-0.25, -0.2) is 8.42 Å². The molecule has 2 aliphatic rings. The molecular weight excluding hydrogens is 290 g/mol. The molecule has 1 saturated carbocycles. The number of aliphatic hydroxyl groups is 1. The van der Waals surface area contributed by atoms with Crippen LogP contribution in [0.3, 0.4) is 0 Å². The van der Waals surface area contributed by atoms with Crippen LogP contribution in [0.1, 0.15) is 37.8 Å². The Labute approximate surface area is 125 Å². The van der Waals surface area contributed by atoms with E-state index in [1.54, 1.807) is 24.3 Å².